The molecule has 6 heteroatoms. The van der Waals surface area contributed by atoms with Gasteiger partial charge < -0.3 is 11.1 Å². The first-order valence-corrected chi connectivity index (χ1v) is 8.55. The number of nitrogens with zero attached hydrogens (tertiary/aromatic N) is 2. The highest BCUT2D eigenvalue weighted by Crippen LogP contribution is 2.23. The predicted octanol–water partition coefficient (Wildman–Crippen LogP) is 3.93. The second-order valence-electron chi connectivity index (χ2n) is 6.74. The van der Waals surface area contributed by atoms with Crippen LogP contribution < -0.4 is 11.1 Å². The van der Waals surface area contributed by atoms with Gasteiger partial charge in [0.25, 0.3) is 0 Å². The fourth-order valence-corrected chi connectivity index (χ4v) is 2.98. The maximum Gasteiger partial charge on any atom is 0.229 e. The smallest absolute Gasteiger partial charge is 0.229 e. The lowest BCUT2D eigenvalue weighted by molar-refractivity contribution is -0.120. The first-order valence-electron chi connectivity index (χ1n) is 8.55. The van der Waals surface area contributed by atoms with Gasteiger partial charge in [-0.3, -0.25) is 4.79 Å². The normalized spacial score (nSPS) is 12.0. The van der Waals surface area contributed by atoms with Crippen molar-refractivity contribution in [3.8, 4) is 5.69 Å². The maximum absolute atomic E-state index is 12.4. The van der Waals surface area contributed by atoms with E-state index in [2.05, 4.69) is 29.5 Å². The molecule has 138 valence electrons. The molecule has 26 heavy (non-hydrogen) atoms. The van der Waals surface area contributed by atoms with Crippen molar-refractivity contribution in [2.24, 2.45) is 17.6 Å². The third-order valence-electron chi connectivity index (χ3n) is 4.48. The van der Waals surface area contributed by atoms with Crippen molar-refractivity contribution in [2.45, 2.75) is 20.8 Å². The van der Waals surface area contributed by atoms with Crippen molar-refractivity contribution in [1.82, 2.24) is 9.78 Å². The molecule has 0 bridgehead atoms. The number of amides is 1. The number of anilines is 1. The lowest BCUT2D eigenvalue weighted by Crippen LogP contribution is -2.33. The molecule has 1 heterocycles. The van der Waals surface area contributed by atoms with E-state index < -0.39 is 0 Å². The van der Waals surface area contributed by atoms with Crippen LogP contribution >= 0.6 is 12.4 Å². The number of aromatic nitrogens is 2. The number of carbonyl (C=O) groups is 1. The van der Waals surface area contributed by atoms with E-state index in [9.17, 15) is 4.79 Å². The van der Waals surface area contributed by atoms with Crippen LogP contribution in [0.1, 0.15) is 19.4 Å². The van der Waals surface area contributed by atoms with Crippen LogP contribution in [0.25, 0.3) is 16.6 Å². The van der Waals surface area contributed by atoms with Gasteiger partial charge in [-0.05, 0) is 48.7 Å². The summed E-state index contributed by atoms with van der Waals surface area (Å²) in [5, 5.41) is 8.50. The van der Waals surface area contributed by atoms with E-state index in [1.807, 2.05) is 55.1 Å². The first kappa shape index (κ1) is 19.9. The number of aryl methyl sites for hydroxylation is 1. The molecule has 0 fully saturated rings. The van der Waals surface area contributed by atoms with Crippen LogP contribution in [0, 0.1) is 18.8 Å². The van der Waals surface area contributed by atoms with E-state index in [0.29, 0.717) is 6.54 Å². The van der Waals surface area contributed by atoms with E-state index in [-0.39, 0.29) is 30.2 Å². The third kappa shape index (κ3) is 4.06. The largest absolute Gasteiger partial charge is 0.330 e. The van der Waals surface area contributed by atoms with Gasteiger partial charge in [-0.25, -0.2) is 4.68 Å². The molecule has 0 aliphatic rings. The minimum absolute atomic E-state index is 0. The molecule has 5 nitrogen and oxygen atoms in total. The van der Waals surface area contributed by atoms with Crippen LogP contribution in [0.15, 0.2) is 48.7 Å². The van der Waals surface area contributed by atoms with Crippen molar-refractivity contribution >= 4 is 34.9 Å². The van der Waals surface area contributed by atoms with Gasteiger partial charge >= 0.3 is 0 Å². The second-order valence-corrected chi connectivity index (χ2v) is 6.74. The molecule has 0 saturated carbocycles. The predicted molar refractivity (Wildman–Crippen MR) is 109 cm³/mol. The molecule has 0 aliphatic heterocycles. The highest BCUT2D eigenvalue weighted by molar-refractivity contribution is 5.95. The molecule has 3 aromatic rings. The Labute approximate surface area is 160 Å². The quantitative estimate of drug-likeness (QED) is 0.712. The summed E-state index contributed by atoms with van der Waals surface area (Å²) in [5.41, 5.74) is 9.63. The van der Waals surface area contributed by atoms with Gasteiger partial charge in [0.2, 0.25) is 5.91 Å². The number of hydrogen-bond donors (Lipinski definition) is 2. The Morgan fingerprint density at radius 1 is 1.23 bits per heavy atom. The molecule has 3 N–H and O–H groups in total. The van der Waals surface area contributed by atoms with E-state index in [1.165, 1.54) is 5.56 Å². The number of hydrogen-bond acceptors (Lipinski definition) is 3. The van der Waals surface area contributed by atoms with Gasteiger partial charge in [0.1, 0.15) is 0 Å². The summed E-state index contributed by atoms with van der Waals surface area (Å²) in [6, 6.07) is 14.0. The number of benzene rings is 2. The van der Waals surface area contributed by atoms with Crippen molar-refractivity contribution in [2.75, 3.05) is 11.9 Å². The van der Waals surface area contributed by atoms with Gasteiger partial charge in [-0.15, -0.1) is 12.4 Å². The molecule has 1 atom stereocenters. The monoisotopic (exact) mass is 372 g/mol. The second kappa shape index (κ2) is 8.34. The molecule has 1 unspecified atom stereocenters. The molecule has 3 rings (SSSR count). The van der Waals surface area contributed by atoms with Gasteiger partial charge in [-0.1, -0.05) is 26.0 Å². The summed E-state index contributed by atoms with van der Waals surface area (Å²) in [6.07, 6.45) is 1.83. The van der Waals surface area contributed by atoms with E-state index >= 15 is 0 Å². The molecule has 0 spiro atoms. The van der Waals surface area contributed by atoms with Crippen LogP contribution in [0.4, 0.5) is 5.69 Å². The van der Waals surface area contributed by atoms with Crippen molar-refractivity contribution in [3.63, 3.8) is 0 Å². The Morgan fingerprint density at radius 2 is 2.00 bits per heavy atom. The van der Waals surface area contributed by atoms with Crippen LogP contribution in [0.2, 0.25) is 0 Å². The van der Waals surface area contributed by atoms with Gasteiger partial charge in [-0.2, -0.15) is 5.10 Å². The zero-order valence-corrected chi connectivity index (χ0v) is 16.1. The van der Waals surface area contributed by atoms with Crippen LogP contribution in [0.5, 0.6) is 0 Å². The van der Waals surface area contributed by atoms with Gasteiger partial charge in [0, 0.05) is 17.6 Å². The van der Waals surface area contributed by atoms with Crippen LogP contribution in [-0.4, -0.2) is 22.2 Å². The fraction of sp³-hybridized carbons (Fsp3) is 0.300. The molecular weight excluding hydrogens is 348 g/mol. The SMILES string of the molecule is Cc1cccc(-n2ncc3ccc(NC(=O)C(CN)C(C)C)cc32)c1.Cl. The summed E-state index contributed by atoms with van der Waals surface area (Å²) in [6.45, 7) is 6.41. The Bertz CT molecular complexity index is 904. The number of nitrogens with two attached hydrogens (primary N) is 1. The lowest BCUT2D eigenvalue weighted by atomic mass is 9.95. The zero-order valence-electron chi connectivity index (χ0n) is 15.3. The van der Waals surface area contributed by atoms with Gasteiger partial charge in [0.15, 0.2) is 0 Å². The summed E-state index contributed by atoms with van der Waals surface area (Å²) < 4.78 is 1.89. The Hall–Kier alpha value is -2.37. The minimum Gasteiger partial charge on any atom is -0.330 e. The third-order valence-corrected chi connectivity index (χ3v) is 4.48. The summed E-state index contributed by atoms with van der Waals surface area (Å²) in [5.74, 6) is -0.0394. The summed E-state index contributed by atoms with van der Waals surface area (Å²) >= 11 is 0. The number of nitrogens with one attached hydrogen (secondary N) is 1. The number of rotatable bonds is 5. The first-order chi connectivity index (χ1) is 12.0. The fourth-order valence-electron chi connectivity index (χ4n) is 2.98. The average molecular weight is 373 g/mol. The highest BCUT2D eigenvalue weighted by Gasteiger charge is 2.20. The average Bonchev–Trinajstić information content (AvgIpc) is 2.98. The molecule has 2 aromatic carbocycles. The van der Waals surface area contributed by atoms with Crippen LogP contribution in [0.3, 0.4) is 0 Å². The molecule has 0 aliphatic carbocycles. The highest BCUT2D eigenvalue weighted by atomic mass is 35.5. The molecular formula is C20H25ClN4O. The standard InChI is InChI=1S/C20H24N4O.ClH/c1-13(2)18(11-21)20(25)23-16-8-7-15-12-22-24(19(15)10-16)17-6-4-5-14(3)9-17;/h4-10,12-13,18H,11,21H2,1-3H3,(H,23,25);1H. The van der Waals surface area contributed by atoms with Crippen LogP contribution in [-0.2, 0) is 4.79 Å². The van der Waals surface area contributed by atoms with E-state index in [4.69, 9.17) is 5.73 Å². The number of fused-ring (bicyclic) bond motifs is 1. The number of halogens is 1. The van der Waals surface area contributed by atoms with E-state index in [0.717, 1.165) is 22.3 Å². The Balaban J connectivity index is 0.00000243. The zero-order chi connectivity index (χ0) is 18.0. The Morgan fingerprint density at radius 3 is 2.65 bits per heavy atom. The number of carbonyl (C=O) groups excluding carboxylic acids is 1. The van der Waals surface area contributed by atoms with Crippen molar-refractivity contribution in [3.05, 3.63) is 54.2 Å². The molecule has 1 aromatic heterocycles. The molecule has 0 radical (unpaired) electrons. The Kier molecular flexibility index (Phi) is 6.40. The van der Waals surface area contributed by atoms with Crippen molar-refractivity contribution in [1.29, 1.82) is 0 Å². The molecule has 1 amide bonds. The minimum atomic E-state index is -0.197. The van der Waals surface area contributed by atoms with Crippen molar-refractivity contribution < 1.29 is 4.79 Å². The lowest BCUT2D eigenvalue weighted by Gasteiger charge is -2.18. The topological polar surface area (TPSA) is 72.9 Å². The maximum atomic E-state index is 12.4. The van der Waals surface area contributed by atoms with E-state index in [1.54, 1.807) is 0 Å². The van der Waals surface area contributed by atoms with Gasteiger partial charge in [0.05, 0.1) is 23.3 Å². The summed E-state index contributed by atoms with van der Waals surface area (Å²) in [7, 11) is 0. The molecule has 0 saturated heterocycles. The summed E-state index contributed by atoms with van der Waals surface area (Å²) in [4.78, 5) is 12.4.